The Morgan fingerprint density at radius 2 is 2.20 bits per heavy atom. The Hall–Kier alpha value is -0.230. The fourth-order valence-corrected chi connectivity index (χ4v) is 2.78. The van der Waals surface area contributed by atoms with Crippen LogP contribution in [0.25, 0.3) is 0 Å². The average molecular weight is 332 g/mol. The standard InChI is InChI=1S/C11H13IN2S/c1-2-9-7-15-11(13-9)14-10-5-3-8(12)4-6-10/h3-6,9H,2,7H2,1H3,(H,13,14). The zero-order valence-corrected chi connectivity index (χ0v) is 11.5. The molecule has 0 aromatic heterocycles. The van der Waals surface area contributed by atoms with E-state index in [1.165, 1.54) is 3.57 Å². The van der Waals surface area contributed by atoms with Crippen LogP contribution in [0, 0.1) is 3.57 Å². The van der Waals surface area contributed by atoms with Crippen molar-refractivity contribution in [3.05, 3.63) is 27.8 Å². The second kappa shape index (κ2) is 5.21. The molecule has 1 aliphatic heterocycles. The lowest BCUT2D eigenvalue weighted by Crippen LogP contribution is -2.05. The van der Waals surface area contributed by atoms with E-state index in [1.54, 1.807) is 0 Å². The number of anilines is 1. The summed E-state index contributed by atoms with van der Waals surface area (Å²) in [5.74, 6) is 1.11. The highest BCUT2D eigenvalue weighted by atomic mass is 127. The molecule has 80 valence electrons. The number of rotatable bonds is 2. The van der Waals surface area contributed by atoms with E-state index in [2.05, 4.69) is 64.1 Å². The minimum absolute atomic E-state index is 0.501. The van der Waals surface area contributed by atoms with Gasteiger partial charge < -0.3 is 5.32 Å². The van der Waals surface area contributed by atoms with Gasteiger partial charge >= 0.3 is 0 Å². The molecule has 2 nitrogen and oxygen atoms in total. The van der Waals surface area contributed by atoms with Gasteiger partial charge in [0, 0.05) is 15.0 Å². The number of amidine groups is 1. The molecule has 0 aliphatic carbocycles. The number of nitrogens with one attached hydrogen (secondary N) is 1. The van der Waals surface area contributed by atoms with Gasteiger partial charge in [0.1, 0.15) is 0 Å². The Labute approximate surface area is 108 Å². The monoisotopic (exact) mass is 332 g/mol. The summed E-state index contributed by atoms with van der Waals surface area (Å²) in [6.07, 6.45) is 1.13. The predicted molar refractivity (Wildman–Crippen MR) is 76.8 cm³/mol. The van der Waals surface area contributed by atoms with Crippen LogP contribution in [0.3, 0.4) is 0 Å². The smallest absolute Gasteiger partial charge is 0.161 e. The van der Waals surface area contributed by atoms with Gasteiger partial charge in [-0.1, -0.05) is 18.7 Å². The van der Waals surface area contributed by atoms with Crippen LogP contribution in [0.1, 0.15) is 13.3 Å². The molecule has 15 heavy (non-hydrogen) atoms. The van der Waals surface area contributed by atoms with Gasteiger partial charge in [-0.05, 0) is 53.3 Å². The van der Waals surface area contributed by atoms with E-state index in [9.17, 15) is 0 Å². The lowest BCUT2D eigenvalue weighted by atomic mass is 10.3. The molecule has 1 aromatic rings. The summed E-state index contributed by atoms with van der Waals surface area (Å²) in [5, 5.41) is 4.40. The summed E-state index contributed by atoms with van der Waals surface area (Å²) >= 11 is 4.12. The van der Waals surface area contributed by atoms with Gasteiger partial charge in [-0.3, -0.25) is 4.99 Å². The third-order valence-electron chi connectivity index (χ3n) is 2.28. The van der Waals surface area contributed by atoms with Gasteiger partial charge in [-0.15, -0.1) is 0 Å². The Balaban J connectivity index is 2.00. The number of benzene rings is 1. The molecule has 2 rings (SSSR count). The molecule has 0 bridgehead atoms. The van der Waals surface area contributed by atoms with Crippen molar-refractivity contribution in [1.29, 1.82) is 0 Å². The van der Waals surface area contributed by atoms with Gasteiger partial charge in [0.15, 0.2) is 5.17 Å². The van der Waals surface area contributed by atoms with Crippen molar-refractivity contribution in [2.45, 2.75) is 19.4 Å². The summed E-state index contributed by atoms with van der Waals surface area (Å²) in [6.45, 7) is 2.18. The van der Waals surface area contributed by atoms with Crippen molar-refractivity contribution >= 4 is 45.2 Å². The van der Waals surface area contributed by atoms with E-state index in [0.29, 0.717) is 6.04 Å². The van der Waals surface area contributed by atoms with Crippen LogP contribution in [0.15, 0.2) is 29.3 Å². The number of aliphatic imine (C=N–C) groups is 1. The molecular formula is C11H13IN2S. The molecule has 0 spiro atoms. The highest BCUT2D eigenvalue weighted by Crippen LogP contribution is 2.22. The van der Waals surface area contributed by atoms with Gasteiger partial charge in [0.25, 0.3) is 0 Å². The Morgan fingerprint density at radius 3 is 2.80 bits per heavy atom. The van der Waals surface area contributed by atoms with Crippen LogP contribution >= 0.6 is 34.4 Å². The van der Waals surface area contributed by atoms with E-state index < -0.39 is 0 Å². The maximum Gasteiger partial charge on any atom is 0.161 e. The molecule has 1 heterocycles. The van der Waals surface area contributed by atoms with Gasteiger partial charge in [0.05, 0.1) is 6.04 Å². The van der Waals surface area contributed by atoms with E-state index >= 15 is 0 Å². The summed E-state index contributed by atoms with van der Waals surface area (Å²) in [5.41, 5.74) is 1.12. The van der Waals surface area contributed by atoms with Crippen molar-refractivity contribution < 1.29 is 0 Å². The third kappa shape index (κ3) is 3.11. The van der Waals surface area contributed by atoms with Crippen molar-refractivity contribution in [2.75, 3.05) is 11.1 Å². The summed E-state index contributed by atoms with van der Waals surface area (Å²) in [6, 6.07) is 8.87. The zero-order chi connectivity index (χ0) is 10.7. The summed E-state index contributed by atoms with van der Waals surface area (Å²) in [7, 11) is 0. The number of thioether (sulfide) groups is 1. The Kier molecular flexibility index (Phi) is 3.91. The van der Waals surface area contributed by atoms with Gasteiger partial charge in [0.2, 0.25) is 0 Å². The van der Waals surface area contributed by atoms with Crippen LogP contribution in [-0.2, 0) is 0 Å². The molecular weight excluding hydrogens is 319 g/mol. The van der Waals surface area contributed by atoms with Gasteiger partial charge in [-0.2, -0.15) is 0 Å². The largest absolute Gasteiger partial charge is 0.335 e. The highest BCUT2D eigenvalue weighted by Gasteiger charge is 2.15. The van der Waals surface area contributed by atoms with E-state index in [4.69, 9.17) is 0 Å². The SMILES string of the molecule is CCC1CSC(Nc2ccc(I)cc2)=N1. The summed E-state index contributed by atoms with van der Waals surface area (Å²) < 4.78 is 1.26. The number of hydrogen-bond donors (Lipinski definition) is 1. The second-order valence-electron chi connectivity index (χ2n) is 3.44. The lowest BCUT2D eigenvalue weighted by Gasteiger charge is -2.04. The topological polar surface area (TPSA) is 24.4 Å². The zero-order valence-electron chi connectivity index (χ0n) is 8.53. The predicted octanol–water partition coefficient (Wildman–Crippen LogP) is 3.58. The minimum atomic E-state index is 0.501. The molecule has 1 atom stereocenters. The minimum Gasteiger partial charge on any atom is -0.335 e. The first-order valence-corrected chi connectivity index (χ1v) is 7.07. The van der Waals surface area contributed by atoms with E-state index in [-0.39, 0.29) is 0 Å². The fraction of sp³-hybridized carbons (Fsp3) is 0.364. The maximum absolute atomic E-state index is 4.59. The molecule has 1 unspecified atom stereocenters. The number of halogens is 1. The first-order chi connectivity index (χ1) is 7.28. The quantitative estimate of drug-likeness (QED) is 0.837. The van der Waals surface area contributed by atoms with Crippen LogP contribution in [-0.4, -0.2) is 17.0 Å². The number of nitrogens with zero attached hydrogens (tertiary/aromatic N) is 1. The maximum atomic E-state index is 4.59. The molecule has 0 saturated carbocycles. The first-order valence-electron chi connectivity index (χ1n) is 5.01. The molecule has 0 radical (unpaired) electrons. The Morgan fingerprint density at radius 1 is 1.47 bits per heavy atom. The molecule has 0 amide bonds. The molecule has 4 heteroatoms. The van der Waals surface area contributed by atoms with E-state index in [0.717, 1.165) is 23.0 Å². The molecule has 0 saturated heterocycles. The second-order valence-corrected chi connectivity index (χ2v) is 5.69. The third-order valence-corrected chi connectivity index (χ3v) is 4.03. The molecule has 0 fully saturated rings. The average Bonchev–Trinajstić information content (AvgIpc) is 2.69. The van der Waals surface area contributed by atoms with E-state index in [1.807, 2.05) is 11.8 Å². The molecule has 1 aromatic carbocycles. The highest BCUT2D eigenvalue weighted by molar-refractivity contribution is 14.1. The fourth-order valence-electron chi connectivity index (χ4n) is 1.35. The molecule has 1 aliphatic rings. The van der Waals surface area contributed by atoms with Crippen molar-refractivity contribution in [3.63, 3.8) is 0 Å². The van der Waals surface area contributed by atoms with Crippen molar-refractivity contribution in [3.8, 4) is 0 Å². The van der Waals surface area contributed by atoms with Crippen LogP contribution in [0.5, 0.6) is 0 Å². The molecule has 1 N–H and O–H groups in total. The normalized spacial score (nSPS) is 20.1. The van der Waals surface area contributed by atoms with Crippen molar-refractivity contribution in [1.82, 2.24) is 0 Å². The van der Waals surface area contributed by atoms with Gasteiger partial charge in [-0.25, -0.2) is 0 Å². The Bertz CT molecular complexity index is 361. The first kappa shape index (κ1) is 11.3. The van der Waals surface area contributed by atoms with Crippen LogP contribution < -0.4 is 5.32 Å². The summed E-state index contributed by atoms with van der Waals surface area (Å²) in [4.78, 5) is 4.59. The van der Waals surface area contributed by atoms with Crippen LogP contribution in [0.2, 0.25) is 0 Å². The van der Waals surface area contributed by atoms with Crippen LogP contribution in [0.4, 0.5) is 5.69 Å². The number of hydrogen-bond acceptors (Lipinski definition) is 3. The lowest BCUT2D eigenvalue weighted by molar-refractivity contribution is 0.738. The van der Waals surface area contributed by atoms with Crippen molar-refractivity contribution in [2.24, 2.45) is 4.99 Å².